The molecule has 154 valence electrons. The van der Waals surface area contributed by atoms with E-state index in [9.17, 15) is 14.4 Å². The molecule has 3 unspecified atom stereocenters. The van der Waals surface area contributed by atoms with Crippen LogP contribution >= 0.6 is 0 Å². The fourth-order valence-electron chi connectivity index (χ4n) is 3.38. The molecule has 1 saturated heterocycles. The first-order valence-electron chi connectivity index (χ1n) is 9.64. The molecule has 2 aromatic rings. The summed E-state index contributed by atoms with van der Waals surface area (Å²) in [5.41, 5.74) is 1.54. The van der Waals surface area contributed by atoms with Crippen molar-refractivity contribution in [1.82, 2.24) is 25.7 Å². The number of benzene rings is 1. The molecule has 0 spiro atoms. The van der Waals surface area contributed by atoms with Crippen LogP contribution in [0.1, 0.15) is 37.8 Å². The summed E-state index contributed by atoms with van der Waals surface area (Å²) in [7, 11) is 0. The zero-order chi connectivity index (χ0) is 21.0. The van der Waals surface area contributed by atoms with Crippen LogP contribution in [-0.4, -0.2) is 33.5 Å². The van der Waals surface area contributed by atoms with Gasteiger partial charge in [0.05, 0.1) is 11.6 Å². The van der Waals surface area contributed by atoms with Crippen LogP contribution in [0.15, 0.2) is 36.4 Å². The fraction of sp³-hybridized carbons (Fsp3) is 0.400. The lowest BCUT2D eigenvalue weighted by atomic mass is 9.95. The molecule has 1 aromatic heterocycles. The molecule has 1 fully saturated rings. The third-order valence-electron chi connectivity index (χ3n) is 4.93. The Labute approximate surface area is 169 Å². The Bertz CT molecular complexity index is 895. The van der Waals surface area contributed by atoms with Gasteiger partial charge in [-0.25, -0.2) is 4.68 Å². The van der Waals surface area contributed by atoms with Crippen LogP contribution in [0.2, 0.25) is 0 Å². The monoisotopic (exact) mass is 398 g/mol. The van der Waals surface area contributed by atoms with Gasteiger partial charge in [0.15, 0.2) is 6.29 Å². The first kappa shape index (κ1) is 20.5. The Hall–Kier alpha value is -3.20. The molecule has 0 aliphatic carbocycles. The maximum atomic E-state index is 12.3. The van der Waals surface area contributed by atoms with Gasteiger partial charge in [-0.2, -0.15) is 5.10 Å². The third-order valence-corrected chi connectivity index (χ3v) is 4.93. The molecule has 1 aliphatic heterocycles. The van der Waals surface area contributed by atoms with Crippen molar-refractivity contribution in [2.24, 2.45) is 5.92 Å². The lowest BCUT2D eigenvalue weighted by Gasteiger charge is -2.35. The summed E-state index contributed by atoms with van der Waals surface area (Å²) >= 11 is 0. The van der Waals surface area contributed by atoms with Gasteiger partial charge in [0.25, 0.3) is 0 Å². The maximum Gasteiger partial charge on any atom is 0.314 e. The number of carbonyl (C=O) groups is 3. The van der Waals surface area contributed by atoms with Crippen LogP contribution in [0.25, 0.3) is 0 Å². The fourth-order valence-corrected chi connectivity index (χ4v) is 3.38. The van der Waals surface area contributed by atoms with E-state index in [4.69, 9.17) is 0 Å². The molecule has 9 heteroatoms. The van der Waals surface area contributed by atoms with Gasteiger partial charge in [-0.1, -0.05) is 37.3 Å². The summed E-state index contributed by atoms with van der Waals surface area (Å²) in [6.07, 6.45) is 0.104. The summed E-state index contributed by atoms with van der Waals surface area (Å²) in [4.78, 5) is 36.8. The zero-order valence-electron chi connectivity index (χ0n) is 16.7. The SMILES string of the molecule is CCC1C(=O)NC(n2nc(C)cc2NC(=O)C(=O)NCc2ccccc2)NC1C. The lowest BCUT2D eigenvalue weighted by Crippen LogP contribution is -2.57. The number of rotatable bonds is 5. The van der Waals surface area contributed by atoms with E-state index in [2.05, 4.69) is 26.4 Å². The molecular formula is C20H26N6O3. The van der Waals surface area contributed by atoms with Gasteiger partial charge in [0, 0.05) is 18.7 Å². The van der Waals surface area contributed by atoms with Gasteiger partial charge in [-0.3, -0.25) is 19.7 Å². The number of aryl methyl sites for hydroxylation is 1. The van der Waals surface area contributed by atoms with Crippen molar-refractivity contribution in [3.8, 4) is 0 Å². The van der Waals surface area contributed by atoms with Crippen LogP contribution in [-0.2, 0) is 20.9 Å². The smallest absolute Gasteiger partial charge is 0.314 e. The Morgan fingerprint density at radius 3 is 2.59 bits per heavy atom. The second-order valence-electron chi connectivity index (χ2n) is 7.12. The highest BCUT2D eigenvalue weighted by Crippen LogP contribution is 2.21. The Kier molecular flexibility index (Phi) is 6.28. The van der Waals surface area contributed by atoms with Crippen LogP contribution in [0.4, 0.5) is 5.82 Å². The number of hydrogen-bond donors (Lipinski definition) is 4. The number of anilines is 1. The van der Waals surface area contributed by atoms with E-state index in [1.54, 1.807) is 13.0 Å². The molecule has 0 radical (unpaired) electrons. The molecule has 29 heavy (non-hydrogen) atoms. The molecule has 2 heterocycles. The van der Waals surface area contributed by atoms with Crippen molar-refractivity contribution in [2.45, 2.75) is 46.1 Å². The predicted octanol–water partition coefficient (Wildman–Crippen LogP) is 1.04. The molecule has 4 N–H and O–H groups in total. The molecule has 0 saturated carbocycles. The summed E-state index contributed by atoms with van der Waals surface area (Å²) in [6, 6.07) is 10.9. The summed E-state index contributed by atoms with van der Waals surface area (Å²) in [5.74, 6) is -1.44. The van der Waals surface area contributed by atoms with Gasteiger partial charge in [-0.15, -0.1) is 0 Å². The average molecular weight is 398 g/mol. The lowest BCUT2D eigenvalue weighted by molar-refractivity contribution is -0.136. The quantitative estimate of drug-likeness (QED) is 0.562. The standard InChI is InChI=1S/C20H26N6O3/c1-4-15-13(3)22-20(24-17(15)27)26-16(10-12(2)25-26)23-19(29)18(28)21-11-14-8-6-5-7-9-14/h5-10,13,15,20,22H,4,11H2,1-3H3,(H,21,28)(H,23,29)(H,24,27). The second kappa shape index (κ2) is 8.87. The van der Waals surface area contributed by atoms with Crippen molar-refractivity contribution in [1.29, 1.82) is 0 Å². The molecule has 1 aliphatic rings. The van der Waals surface area contributed by atoms with Crippen LogP contribution < -0.4 is 21.3 Å². The Balaban J connectivity index is 1.66. The largest absolute Gasteiger partial charge is 0.344 e. The first-order valence-corrected chi connectivity index (χ1v) is 9.64. The van der Waals surface area contributed by atoms with Gasteiger partial charge in [0.1, 0.15) is 5.82 Å². The average Bonchev–Trinajstić information content (AvgIpc) is 3.06. The summed E-state index contributed by atoms with van der Waals surface area (Å²) in [5, 5.41) is 15.7. The van der Waals surface area contributed by atoms with Crippen LogP contribution in [0, 0.1) is 12.8 Å². The normalized spacial score (nSPS) is 21.3. The number of hydrogen-bond acceptors (Lipinski definition) is 5. The summed E-state index contributed by atoms with van der Waals surface area (Å²) < 4.78 is 1.47. The zero-order valence-corrected chi connectivity index (χ0v) is 16.7. The minimum absolute atomic E-state index is 0.0546. The molecule has 0 bridgehead atoms. The molecule has 3 rings (SSSR count). The number of aromatic nitrogens is 2. The molecule has 3 atom stereocenters. The highest BCUT2D eigenvalue weighted by Gasteiger charge is 2.34. The van der Waals surface area contributed by atoms with E-state index in [0.29, 0.717) is 11.5 Å². The number of nitrogens with one attached hydrogen (secondary N) is 4. The van der Waals surface area contributed by atoms with Gasteiger partial charge in [-0.05, 0) is 25.8 Å². The van der Waals surface area contributed by atoms with E-state index in [0.717, 1.165) is 12.0 Å². The van der Waals surface area contributed by atoms with Gasteiger partial charge < -0.3 is 16.0 Å². The number of carbonyl (C=O) groups excluding carboxylic acids is 3. The van der Waals surface area contributed by atoms with Gasteiger partial charge >= 0.3 is 11.8 Å². The highest BCUT2D eigenvalue weighted by atomic mass is 16.2. The molecule has 1 aromatic carbocycles. The van der Waals surface area contributed by atoms with Crippen molar-refractivity contribution >= 4 is 23.5 Å². The van der Waals surface area contributed by atoms with Crippen molar-refractivity contribution in [3.63, 3.8) is 0 Å². The first-order chi connectivity index (χ1) is 13.9. The van der Waals surface area contributed by atoms with Gasteiger partial charge in [0.2, 0.25) is 5.91 Å². The molecule has 3 amide bonds. The van der Waals surface area contributed by atoms with Crippen molar-refractivity contribution < 1.29 is 14.4 Å². The summed E-state index contributed by atoms with van der Waals surface area (Å²) in [6.45, 7) is 5.91. The minimum Gasteiger partial charge on any atom is -0.344 e. The van der Waals surface area contributed by atoms with E-state index in [-0.39, 0.29) is 24.4 Å². The highest BCUT2D eigenvalue weighted by molar-refractivity contribution is 6.39. The number of amides is 3. The van der Waals surface area contributed by atoms with E-state index in [1.165, 1.54) is 4.68 Å². The maximum absolute atomic E-state index is 12.3. The van der Waals surface area contributed by atoms with E-state index in [1.807, 2.05) is 44.2 Å². The van der Waals surface area contributed by atoms with E-state index < -0.39 is 18.1 Å². The Morgan fingerprint density at radius 1 is 1.21 bits per heavy atom. The van der Waals surface area contributed by atoms with Crippen LogP contribution in [0.5, 0.6) is 0 Å². The molecular weight excluding hydrogens is 372 g/mol. The molecule has 9 nitrogen and oxygen atoms in total. The van der Waals surface area contributed by atoms with Crippen molar-refractivity contribution in [3.05, 3.63) is 47.7 Å². The van der Waals surface area contributed by atoms with Crippen molar-refractivity contribution in [2.75, 3.05) is 5.32 Å². The topological polar surface area (TPSA) is 117 Å². The Morgan fingerprint density at radius 2 is 1.93 bits per heavy atom. The number of nitrogens with zero attached hydrogens (tertiary/aromatic N) is 2. The minimum atomic E-state index is -0.802. The second-order valence-corrected chi connectivity index (χ2v) is 7.12. The third kappa shape index (κ3) is 4.80. The predicted molar refractivity (Wildman–Crippen MR) is 107 cm³/mol. The van der Waals surface area contributed by atoms with Crippen LogP contribution in [0.3, 0.4) is 0 Å². The van der Waals surface area contributed by atoms with E-state index >= 15 is 0 Å².